The quantitative estimate of drug-likeness (QED) is 0.848. The average molecular weight is 277 g/mol. The lowest BCUT2D eigenvalue weighted by Crippen LogP contribution is -2.38. The van der Waals surface area contributed by atoms with E-state index in [-0.39, 0.29) is 11.9 Å². The van der Waals surface area contributed by atoms with E-state index in [9.17, 15) is 4.79 Å². The Bertz CT molecular complexity index is 482. The van der Waals surface area contributed by atoms with Crippen LogP contribution < -0.4 is 4.90 Å². The number of ether oxygens (including phenoxy) is 1. The van der Waals surface area contributed by atoms with Gasteiger partial charge in [-0.25, -0.2) is 0 Å². The van der Waals surface area contributed by atoms with Gasteiger partial charge in [-0.05, 0) is 32.9 Å². The molecule has 0 unspecified atom stereocenters. The topological polar surface area (TPSA) is 29.5 Å². The third-order valence-electron chi connectivity index (χ3n) is 2.93. The van der Waals surface area contributed by atoms with Crippen LogP contribution in [-0.4, -0.2) is 24.3 Å². The summed E-state index contributed by atoms with van der Waals surface area (Å²) in [6.07, 6.45) is 0. The molecule has 0 radical (unpaired) electrons. The van der Waals surface area contributed by atoms with Gasteiger partial charge in [0.05, 0.1) is 6.61 Å². The largest absolute Gasteiger partial charge is 0.496 e. The van der Waals surface area contributed by atoms with E-state index in [0.717, 1.165) is 22.1 Å². The highest BCUT2D eigenvalue weighted by molar-refractivity contribution is 8.04. The van der Waals surface area contributed by atoms with Crippen molar-refractivity contribution in [3.05, 3.63) is 41.0 Å². The molecule has 0 spiro atoms. The van der Waals surface area contributed by atoms with Crippen LogP contribution in [0.2, 0.25) is 0 Å². The minimum atomic E-state index is 0.0309. The summed E-state index contributed by atoms with van der Waals surface area (Å²) < 4.78 is 5.49. The lowest BCUT2D eigenvalue weighted by Gasteiger charge is -2.29. The van der Waals surface area contributed by atoms with E-state index in [2.05, 4.69) is 0 Å². The number of carbonyl (C=O) groups is 1. The number of carbonyl (C=O) groups excluding carboxylic acids is 1. The number of hydrogen-bond donors (Lipinski definition) is 0. The van der Waals surface area contributed by atoms with Gasteiger partial charge in [-0.2, -0.15) is 0 Å². The molecule has 0 aromatic heterocycles. The number of hydrogen-bond acceptors (Lipinski definition) is 3. The van der Waals surface area contributed by atoms with E-state index >= 15 is 0 Å². The fraction of sp³-hybridized carbons (Fsp3) is 0.400. The van der Waals surface area contributed by atoms with Gasteiger partial charge in [0.2, 0.25) is 0 Å². The Kier molecular flexibility index (Phi) is 4.53. The molecule has 0 fully saturated rings. The van der Waals surface area contributed by atoms with Crippen molar-refractivity contribution in [1.82, 2.24) is 0 Å². The summed E-state index contributed by atoms with van der Waals surface area (Å²) in [4.78, 5) is 15.3. The van der Waals surface area contributed by atoms with Gasteiger partial charge in [-0.3, -0.25) is 4.79 Å². The molecule has 0 bridgehead atoms. The zero-order valence-electron chi connectivity index (χ0n) is 11.6. The zero-order chi connectivity index (χ0) is 13.8. The third-order valence-corrected chi connectivity index (χ3v) is 4.05. The van der Waals surface area contributed by atoms with Crippen molar-refractivity contribution in [2.75, 3.05) is 17.3 Å². The molecule has 0 aliphatic carbocycles. The van der Waals surface area contributed by atoms with Crippen molar-refractivity contribution in [3.63, 3.8) is 0 Å². The Morgan fingerprint density at radius 1 is 1.32 bits per heavy atom. The number of rotatable bonds is 3. The number of benzene rings is 1. The van der Waals surface area contributed by atoms with Gasteiger partial charge >= 0.3 is 0 Å². The number of nitrogens with zero attached hydrogens (tertiary/aromatic N) is 1. The third kappa shape index (κ3) is 3.13. The normalized spacial score (nSPS) is 15.4. The maximum Gasteiger partial charge on any atom is 0.268 e. The van der Waals surface area contributed by atoms with E-state index < -0.39 is 0 Å². The Morgan fingerprint density at radius 2 is 2.00 bits per heavy atom. The molecule has 1 heterocycles. The highest BCUT2D eigenvalue weighted by atomic mass is 32.2. The first-order valence-electron chi connectivity index (χ1n) is 6.46. The van der Waals surface area contributed by atoms with Crippen molar-refractivity contribution >= 4 is 23.4 Å². The van der Waals surface area contributed by atoms with E-state index in [0.29, 0.717) is 6.61 Å². The molecule has 3 nitrogen and oxygen atoms in total. The van der Waals surface area contributed by atoms with Gasteiger partial charge < -0.3 is 9.64 Å². The van der Waals surface area contributed by atoms with Gasteiger partial charge in [0.15, 0.2) is 0 Å². The van der Waals surface area contributed by atoms with Crippen molar-refractivity contribution in [1.29, 1.82) is 0 Å². The Balaban J connectivity index is 2.33. The van der Waals surface area contributed by atoms with Crippen LogP contribution in [0.1, 0.15) is 20.8 Å². The summed E-state index contributed by atoms with van der Waals surface area (Å²) in [7, 11) is 0. The summed E-state index contributed by atoms with van der Waals surface area (Å²) >= 11 is 1.58. The Morgan fingerprint density at radius 3 is 2.58 bits per heavy atom. The Labute approximate surface area is 118 Å². The van der Waals surface area contributed by atoms with Crippen LogP contribution >= 0.6 is 11.8 Å². The SMILES string of the molecule is CC1=C(C(=O)N(c2ccccc2)C(C)C)SCCO1. The fourth-order valence-electron chi connectivity index (χ4n) is 2.07. The van der Waals surface area contributed by atoms with Crippen LogP contribution in [0.4, 0.5) is 5.69 Å². The summed E-state index contributed by atoms with van der Waals surface area (Å²) in [6.45, 7) is 6.59. The molecular formula is C15H19NO2S. The number of allylic oxidation sites excluding steroid dienone is 1. The maximum atomic E-state index is 12.7. The molecule has 1 aliphatic rings. The standard InChI is InChI=1S/C15H19NO2S/c1-11(2)16(13-7-5-4-6-8-13)15(17)14-12(3)18-9-10-19-14/h4-8,11H,9-10H2,1-3H3. The molecule has 0 N–H and O–H groups in total. The molecule has 2 rings (SSSR count). The molecule has 1 aromatic carbocycles. The van der Waals surface area contributed by atoms with Gasteiger partial charge in [-0.1, -0.05) is 18.2 Å². The molecule has 102 valence electrons. The van der Waals surface area contributed by atoms with Gasteiger partial charge in [0, 0.05) is 17.5 Å². The molecule has 0 saturated heterocycles. The molecule has 19 heavy (non-hydrogen) atoms. The first-order valence-corrected chi connectivity index (χ1v) is 7.45. The number of thioether (sulfide) groups is 1. The molecule has 1 amide bonds. The van der Waals surface area contributed by atoms with Crippen molar-refractivity contribution in [2.24, 2.45) is 0 Å². The molecule has 1 aromatic rings. The summed E-state index contributed by atoms with van der Waals surface area (Å²) in [6, 6.07) is 9.88. The predicted octanol–water partition coefficient (Wildman–Crippen LogP) is 3.42. The van der Waals surface area contributed by atoms with Crippen molar-refractivity contribution in [3.8, 4) is 0 Å². The van der Waals surface area contributed by atoms with Crippen LogP contribution in [-0.2, 0) is 9.53 Å². The minimum absolute atomic E-state index is 0.0309. The molecule has 0 saturated carbocycles. The maximum absolute atomic E-state index is 12.7. The van der Waals surface area contributed by atoms with E-state index in [1.165, 1.54) is 0 Å². The summed E-state index contributed by atoms with van der Waals surface area (Å²) in [5, 5.41) is 0. The molecular weight excluding hydrogens is 258 g/mol. The van der Waals surface area contributed by atoms with Gasteiger partial charge in [0.1, 0.15) is 10.7 Å². The predicted molar refractivity (Wildman–Crippen MR) is 80.2 cm³/mol. The second-order valence-corrected chi connectivity index (χ2v) is 5.79. The number of amides is 1. The number of para-hydroxylation sites is 1. The van der Waals surface area contributed by atoms with Crippen LogP contribution in [0.3, 0.4) is 0 Å². The highest BCUT2D eigenvalue weighted by Crippen LogP contribution is 2.30. The monoisotopic (exact) mass is 277 g/mol. The van der Waals surface area contributed by atoms with Gasteiger partial charge in [0.25, 0.3) is 5.91 Å². The van der Waals surface area contributed by atoms with E-state index in [1.54, 1.807) is 11.8 Å². The Hall–Kier alpha value is -1.42. The van der Waals surface area contributed by atoms with Gasteiger partial charge in [-0.15, -0.1) is 11.8 Å². The first kappa shape index (κ1) is 14.0. The number of anilines is 1. The summed E-state index contributed by atoms with van der Waals surface area (Å²) in [5.74, 6) is 1.60. The molecule has 0 atom stereocenters. The summed E-state index contributed by atoms with van der Waals surface area (Å²) in [5.41, 5.74) is 0.925. The fourth-order valence-corrected chi connectivity index (χ4v) is 2.92. The smallest absolute Gasteiger partial charge is 0.268 e. The second kappa shape index (κ2) is 6.15. The van der Waals surface area contributed by atoms with E-state index in [4.69, 9.17) is 4.74 Å². The lowest BCUT2D eigenvalue weighted by molar-refractivity contribution is -0.115. The highest BCUT2D eigenvalue weighted by Gasteiger charge is 2.26. The van der Waals surface area contributed by atoms with Crippen molar-refractivity contribution in [2.45, 2.75) is 26.8 Å². The molecule has 1 aliphatic heterocycles. The van der Waals surface area contributed by atoms with Crippen LogP contribution in [0.5, 0.6) is 0 Å². The second-order valence-electron chi connectivity index (χ2n) is 4.69. The average Bonchev–Trinajstić information content (AvgIpc) is 2.40. The van der Waals surface area contributed by atoms with Crippen LogP contribution in [0.15, 0.2) is 41.0 Å². The van der Waals surface area contributed by atoms with Crippen LogP contribution in [0, 0.1) is 0 Å². The minimum Gasteiger partial charge on any atom is -0.496 e. The van der Waals surface area contributed by atoms with E-state index in [1.807, 2.05) is 56.0 Å². The van der Waals surface area contributed by atoms with Crippen LogP contribution in [0.25, 0.3) is 0 Å². The zero-order valence-corrected chi connectivity index (χ0v) is 12.4. The lowest BCUT2D eigenvalue weighted by atomic mass is 10.2. The molecule has 4 heteroatoms. The van der Waals surface area contributed by atoms with Crippen molar-refractivity contribution < 1.29 is 9.53 Å². The first-order chi connectivity index (χ1) is 9.11.